The summed E-state index contributed by atoms with van der Waals surface area (Å²) in [6, 6.07) is 9.59. The largest absolute Gasteiger partial charge is 0.367 e. The summed E-state index contributed by atoms with van der Waals surface area (Å²) >= 11 is 0. The van der Waals surface area contributed by atoms with Crippen LogP contribution in [0.4, 0.5) is 17.6 Å². The highest BCUT2D eigenvalue weighted by Crippen LogP contribution is 2.23. The highest BCUT2D eigenvalue weighted by atomic mass is 16.1. The number of nitrogens with zero attached hydrogens (tertiary/aromatic N) is 7. The Morgan fingerprint density at radius 1 is 0.972 bits per heavy atom. The molecule has 4 heterocycles. The van der Waals surface area contributed by atoms with Crippen molar-refractivity contribution in [2.24, 2.45) is 0 Å². The lowest BCUT2D eigenvalue weighted by atomic mass is 10.1. The van der Waals surface area contributed by atoms with Gasteiger partial charge >= 0.3 is 0 Å². The number of pyridine rings is 1. The number of aromatic nitrogens is 5. The second-order valence-corrected chi connectivity index (χ2v) is 9.20. The van der Waals surface area contributed by atoms with E-state index in [4.69, 9.17) is 0 Å². The van der Waals surface area contributed by atoms with Crippen LogP contribution in [-0.4, -0.2) is 75.0 Å². The highest BCUT2D eigenvalue weighted by molar-refractivity contribution is 6.04. The summed E-state index contributed by atoms with van der Waals surface area (Å²) in [5.74, 6) is 1.48. The fourth-order valence-corrected chi connectivity index (χ4v) is 4.06. The van der Waals surface area contributed by atoms with Crippen LogP contribution in [0, 0.1) is 0 Å². The molecule has 0 atom stereocenters. The van der Waals surface area contributed by atoms with Crippen LogP contribution in [0.1, 0.15) is 24.2 Å². The number of likely N-dealkylation sites (N-methyl/N-ethyl adjacent to an activating group) is 1. The Kier molecular flexibility index (Phi) is 6.68. The number of anilines is 3. The van der Waals surface area contributed by atoms with Crippen LogP contribution in [0.2, 0.25) is 0 Å². The third kappa shape index (κ3) is 5.38. The maximum Gasteiger partial charge on any atom is 0.258 e. The second kappa shape index (κ2) is 10.2. The predicted molar refractivity (Wildman–Crippen MR) is 141 cm³/mol. The van der Waals surface area contributed by atoms with Gasteiger partial charge in [0.15, 0.2) is 0 Å². The van der Waals surface area contributed by atoms with Crippen molar-refractivity contribution < 1.29 is 4.79 Å². The fourth-order valence-electron chi connectivity index (χ4n) is 4.06. The summed E-state index contributed by atoms with van der Waals surface area (Å²) in [5.41, 5.74) is 2.83. The summed E-state index contributed by atoms with van der Waals surface area (Å²) in [5, 5.41) is 6.96. The first kappa shape index (κ1) is 23.6. The molecule has 0 spiro atoms. The average Bonchev–Trinajstić information content (AvgIpc) is 2.88. The molecule has 1 aliphatic rings. The number of rotatable bonds is 6. The predicted octanol–water partition coefficient (Wildman–Crippen LogP) is 3.31. The van der Waals surface area contributed by atoms with E-state index in [0.29, 0.717) is 16.9 Å². The van der Waals surface area contributed by atoms with E-state index in [1.165, 1.54) is 0 Å². The number of carbonyl (C=O) groups excluding carboxylic acids is 1. The van der Waals surface area contributed by atoms with E-state index in [1.807, 2.05) is 24.3 Å². The quantitative estimate of drug-likeness (QED) is 0.426. The molecule has 5 rings (SSSR count). The Hall–Kier alpha value is -4.18. The maximum absolute atomic E-state index is 13.0. The Morgan fingerprint density at radius 3 is 2.61 bits per heavy atom. The second-order valence-electron chi connectivity index (χ2n) is 9.20. The first-order chi connectivity index (χ1) is 17.4. The van der Waals surface area contributed by atoms with Gasteiger partial charge in [-0.3, -0.25) is 15.1 Å². The zero-order valence-electron chi connectivity index (χ0n) is 20.6. The number of hydrogen-bond donors (Lipinski definition) is 2. The van der Waals surface area contributed by atoms with Crippen LogP contribution in [-0.2, 0) is 0 Å². The smallest absolute Gasteiger partial charge is 0.258 e. The van der Waals surface area contributed by atoms with Crippen molar-refractivity contribution in [1.82, 2.24) is 29.8 Å². The summed E-state index contributed by atoms with van der Waals surface area (Å²) in [4.78, 5) is 39.8. The monoisotopic (exact) mass is 483 g/mol. The number of amides is 1. The van der Waals surface area contributed by atoms with Crippen LogP contribution in [0.15, 0.2) is 55.1 Å². The molecule has 10 heteroatoms. The molecule has 1 aromatic carbocycles. The Labute approximate surface area is 209 Å². The van der Waals surface area contributed by atoms with Gasteiger partial charge in [0.25, 0.3) is 5.91 Å². The minimum atomic E-state index is -0.276. The number of nitrogens with one attached hydrogen (secondary N) is 2. The number of fused-ring (bicyclic) bond motifs is 1. The number of benzene rings is 1. The molecular formula is C26H29N9O. The zero-order chi connectivity index (χ0) is 25.1. The number of hydrogen-bond acceptors (Lipinski definition) is 9. The SMILES string of the molecule is CC(C)Nc1cncc(-c2ccc3cnc(NC(=O)c4ccnc(N5CCN(C)CC5)c4)nc3c2)n1. The van der Waals surface area contributed by atoms with Crippen molar-refractivity contribution in [3.8, 4) is 11.3 Å². The molecule has 0 bridgehead atoms. The molecule has 0 aliphatic carbocycles. The van der Waals surface area contributed by atoms with Crippen LogP contribution < -0.4 is 15.5 Å². The van der Waals surface area contributed by atoms with Gasteiger partial charge in [0, 0.05) is 61.1 Å². The van der Waals surface area contributed by atoms with Crippen molar-refractivity contribution in [1.29, 1.82) is 0 Å². The standard InChI is InChI=1S/C26H29N9O/c1-17(2)30-23-16-27-15-22(31-23)18-4-5-20-14-29-26(32-21(20)12-18)33-25(36)19-6-7-28-24(13-19)35-10-8-34(3)9-11-35/h4-7,12-17H,8-11H2,1-3H3,(H,30,31)(H,29,32,33,36). The molecule has 36 heavy (non-hydrogen) atoms. The summed E-state index contributed by atoms with van der Waals surface area (Å²) in [6.07, 6.45) is 6.79. The van der Waals surface area contributed by atoms with Crippen LogP contribution in [0.5, 0.6) is 0 Å². The third-order valence-electron chi connectivity index (χ3n) is 6.01. The van der Waals surface area contributed by atoms with Crippen molar-refractivity contribution in [3.63, 3.8) is 0 Å². The van der Waals surface area contributed by atoms with Gasteiger partial charge in [-0.1, -0.05) is 12.1 Å². The normalized spacial score (nSPS) is 14.3. The van der Waals surface area contributed by atoms with Crippen molar-refractivity contribution in [2.75, 3.05) is 48.8 Å². The van der Waals surface area contributed by atoms with Crippen molar-refractivity contribution in [2.45, 2.75) is 19.9 Å². The summed E-state index contributed by atoms with van der Waals surface area (Å²) < 4.78 is 0. The van der Waals surface area contributed by atoms with Crippen molar-refractivity contribution >= 4 is 34.4 Å². The summed E-state index contributed by atoms with van der Waals surface area (Å²) in [7, 11) is 2.11. The third-order valence-corrected chi connectivity index (χ3v) is 6.01. The summed E-state index contributed by atoms with van der Waals surface area (Å²) in [6.45, 7) is 7.80. The molecule has 0 unspecified atom stereocenters. The van der Waals surface area contributed by atoms with Gasteiger partial charge in [-0.05, 0) is 39.1 Å². The minimum absolute atomic E-state index is 0.240. The first-order valence-electron chi connectivity index (χ1n) is 12.0. The molecule has 0 saturated carbocycles. The van der Waals surface area contributed by atoms with Crippen molar-refractivity contribution in [3.05, 3.63) is 60.7 Å². The van der Waals surface area contributed by atoms with Gasteiger partial charge in [0.1, 0.15) is 11.6 Å². The molecule has 0 radical (unpaired) electrons. The number of carbonyl (C=O) groups is 1. The van der Waals surface area contributed by atoms with Crippen LogP contribution in [0.25, 0.3) is 22.2 Å². The lowest BCUT2D eigenvalue weighted by molar-refractivity contribution is 0.102. The fraction of sp³-hybridized carbons (Fsp3) is 0.308. The molecule has 1 saturated heterocycles. The molecule has 1 amide bonds. The lowest BCUT2D eigenvalue weighted by Crippen LogP contribution is -2.44. The molecule has 1 fully saturated rings. The molecule has 4 aromatic rings. The van der Waals surface area contributed by atoms with E-state index >= 15 is 0 Å². The Morgan fingerprint density at radius 2 is 1.81 bits per heavy atom. The van der Waals surface area contributed by atoms with Gasteiger partial charge in [-0.15, -0.1) is 0 Å². The van der Waals surface area contributed by atoms with E-state index in [0.717, 1.165) is 48.6 Å². The minimum Gasteiger partial charge on any atom is -0.367 e. The van der Waals surface area contributed by atoms with E-state index in [-0.39, 0.29) is 17.9 Å². The van der Waals surface area contributed by atoms with Gasteiger partial charge in [0.2, 0.25) is 5.95 Å². The van der Waals surface area contributed by atoms with Gasteiger partial charge in [0.05, 0.1) is 23.6 Å². The number of piperazine rings is 1. The van der Waals surface area contributed by atoms with Gasteiger partial charge < -0.3 is 15.1 Å². The lowest BCUT2D eigenvalue weighted by Gasteiger charge is -2.33. The maximum atomic E-state index is 13.0. The van der Waals surface area contributed by atoms with E-state index in [1.54, 1.807) is 30.9 Å². The Bertz CT molecular complexity index is 1380. The molecule has 2 N–H and O–H groups in total. The molecular weight excluding hydrogens is 454 g/mol. The first-order valence-corrected chi connectivity index (χ1v) is 12.0. The van der Waals surface area contributed by atoms with E-state index in [2.05, 4.69) is 66.2 Å². The van der Waals surface area contributed by atoms with Crippen LogP contribution >= 0.6 is 0 Å². The topological polar surface area (TPSA) is 112 Å². The molecule has 184 valence electrons. The molecule has 3 aromatic heterocycles. The molecule has 10 nitrogen and oxygen atoms in total. The average molecular weight is 484 g/mol. The van der Waals surface area contributed by atoms with E-state index in [9.17, 15) is 4.79 Å². The van der Waals surface area contributed by atoms with Gasteiger partial charge in [-0.25, -0.2) is 19.9 Å². The molecule has 1 aliphatic heterocycles. The Balaban J connectivity index is 1.35. The van der Waals surface area contributed by atoms with Crippen LogP contribution in [0.3, 0.4) is 0 Å². The van der Waals surface area contributed by atoms with Gasteiger partial charge in [-0.2, -0.15) is 0 Å². The van der Waals surface area contributed by atoms with E-state index < -0.39 is 0 Å². The zero-order valence-corrected chi connectivity index (χ0v) is 20.6. The highest BCUT2D eigenvalue weighted by Gasteiger charge is 2.17.